The first-order valence-corrected chi connectivity index (χ1v) is 9.36. The van der Waals surface area contributed by atoms with Crippen LogP contribution in [0.2, 0.25) is 0 Å². The summed E-state index contributed by atoms with van der Waals surface area (Å²) in [6.45, 7) is 7.20. The lowest BCUT2D eigenvalue weighted by Gasteiger charge is -2.19. The summed E-state index contributed by atoms with van der Waals surface area (Å²) in [6.07, 6.45) is 1.66. The second kappa shape index (κ2) is 6.96. The second-order valence-electron chi connectivity index (χ2n) is 7.32. The molecule has 0 aliphatic carbocycles. The predicted octanol–water partition coefficient (Wildman–Crippen LogP) is 3.75. The van der Waals surface area contributed by atoms with Crippen molar-refractivity contribution in [1.82, 2.24) is 4.98 Å². The molecule has 0 spiro atoms. The maximum Gasteiger partial charge on any atom is 0.230 e. The number of aromatic nitrogens is 1. The molecule has 0 radical (unpaired) electrons. The fourth-order valence-corrected chi connectivity index (χ4v) is 3.64. The fraction of sp³-hybridized carbons (Fsp3) is 0.421. The SMILES string of the molecule is CC(C)(C)c1ccc(NC(=O)Cc2csc(N3CCCC3=O)n2)cc1. The second-order valence-corrected chi connectivity index (χ2v) is 8.16. The highest BCUT2D eigenvalue weighted by Gasteiger charge is 2.24. The van der Waals surface area contributed by atoms with Crippen LogP contribution in [0.4, 0.5) is 10.8 Å². The molecule has 25 heavy (non-hydrogen) atoms. The molecule has 5 nitrogen and oxygen atoms in total. The molecule has 2 aromatic rings. The van der Waals surface area contributed by atoms with Crippen molar-refractivity contribution in [2.24, 2.45) is 0 Å². The van der Waals surface area contributed by atoms with Crippen LogP contribution in [-0.2, 0) is 21.4 Å². The van der Waals surface area contributed by atoms with Gasteiger partial charge >= 0.3 is 0 Å². The van der Waals surface area contributed by atoms with Crippen molar-refractivity contribution in [2.45, 2.75) is 45.4 Å². The van der Waals surface area contributed by atoms with E-state index < -0.39 is 0 Å². The summed E-state index contributed by atoms with van der Waals surface area (Å²) in [5.74, 6) is 0.0115. The minimum atomic E-state index is -0.104. The molecule has 0 atom stereocenters. The van der Waals surface area contributed by atoms with Gasteiger partial charge in [-0.05, 0) is 29.5 Å². The molecule has 2 heterocycles. The van der Waals surface area contributed by atoms with E-state index in [-0.39, 0.29) is 23.7 Å². The summed E-state index contributed by atoms with van der Waals surface area (Å²) in [7, 11) is 0. The predicted molar refractivity (Wildman–Crippen MR) is 101 cm³/mol. The molecule has 1 fully saturated rings. The molecule has 3 rings (SSSR count). The normalized spacial score (nSPS) is 14.8. The fourth-order valence-electron chi connectivity index (χ4n) is 2.78. The van der Waals surface area contributed by atoms with Gasteiger partial charge in [0.25, 0.3) is 0 Å². The average Bonchev–Trinajstić information content (AvgIpc) is 3.15. The molecule has 0 bridgehead atoms. The number of rotatable bonds is 4. The number of amides is 2. The van der Waals surface area contributed by atoms with Crippen LogP contribution < -0.4 is 10.2 Å². The van der Waals surface area contributed by atoms with Crippen LogP contribution in [0.3, 0.4) is 0 Å². The molecular formula is C19H23N3O2S. The van der Waals surface area contributed by atoms with Gasteiger partial charge in [-0.15, -0.1) is 11.3 Å². The third-order valence-corrected chi connectivity index (χ3v) is 5.13. The summed E-state index contributed by atoms with van der Waals surface area (Å²) in [5.41, 5.74) is 2.80. The molecule has 1 aliphatic rings. The monoisotopic (exact) mass is 357 g/mol. The summed E-state index contributed by atoms with van der Waals surface area (Å²) < 4.78 is 0. The van der Waals surface area contributed by atoms with E-state index >= 15 is 0 Å². The Hall–Kier alpha value is -2.21. The number of carbonyl (C=O) groups excluding carboxylic acids is 2. The Balaban J connectivity index is 1.59. The van der Waals surface area contributed by atoms with E-state index in [9.17, 15) is 9.59 Å². The van der Waals surface area contributed by atoms with Gasteiger partial charge in [0.2, 0.25) is 11.8 Å². The molecule has 2 amide bonds. The Morgan fingerprint density at radius 3 is 2.60 bits per heavy atom. The lowest BCUT2D eigenvalue weighted by atomic mass is 9.87. The van der Waals surface area contributed by atoms with Gasteiger partial charge in [0.05, 0.1) is 12.1 Å². The molecule has 1 saturated heterocycles. The van der Waals surface area contributed by atoms with Gasteiger partial charge in [0.1, 0.15) is 0 Å². The molecule has 0 saturated carbocycles. The van der Waals surface area contributed by atoms with Crippen LogP contribution in [0.25, 0.3) is 0 Å². The third kappa shape index (κ3) is 4.25. The summed E-state index contributed by atoms with van der Waals surface area (Å²) in [6, 6.07) is 7.92. The van der Waals surface area contributed by atoms with Crippen LogP contribution in [0.15, 0.2) is 29.6 Å². The van der Waals surface area contributed by atoms with E-state index in [0.29, 0.717) is 17.2 Å². The molecule has 132 valence electrons. The number of nitrogens with one attached hydrogen (secondary N) is 1. The van der Waals surface area contributed by atoms with Crippen LogP contribution in [0, 0.1) is 0 Å². The smallest absolute Gasteiger partial charge is 0.230 e. The van der Waals surface area contributed by atoms with Crippen LogP contribution in [0.5, 0.6) is 0 Å². The molecule has 1 aromatic carbocycles. The number of nitrogens with zero attached hydrogens (tertiary/aromatic N) is 2. The Morgan fingerprint density at radius 2 is 2.00 bits per heavy atom. The molecular weight excluding hydrogens is 334 g/mol. The number of hydrogen-bond donors (Lipinski definition) is 1. The van der Waals surface area contributed by atoms with E-state index in [1.807, 2.05) is 29.6 Å². The third-order valence-electron chi connectivity index (χ3n) is 4.22. The first-order chi connectivity index (χ1) is 11.8. The van der Waals surface area contributed by atoms with Gasteiger partial charge in [-0.25, -0.2) is 4.98 Å². The quantitative estimate of drug-likeness (QED) is 0.906. The standard InChI is InChI=1S/C19H23N3O2S/c1-19(2,3)13-6-8-14(9-7-13)20-16(23)11-15-12-25-18(21-15)22-10-4-5-17(22)24/h6-9,12H,4-5,10-11H2,1-3H3,(H,20,23). The summed E-state index contributed by atoms with van der Waals surface area (Å²) >= 11 is 1.42. The van der Waals surface area contributed by atoms with Crippen molar-refractivity contribution in [1.29, 1.82) is 0 Å². The van der Waals surface area contributed by atoms with Gasteiger partial charge < -0.3 is 5.32 Å². The highest BCUT2D eigenvalue weighted by molar-refractivity contribution is 7.14. The van der Waals surface area contributed by atoms with Crippen molar-refractivity contribution < 1.29 is 9.59 Å². The zero-order chi connectivity index (χ0) is 18.0. The zero-order valence-corrected chi connectivity index (χ0v) is 15.7. The molecule has 6 heteroatoms. The van der Waals surface area contributed by atoms with E-state index in [0.717, 1.165) is 18.7 Å². The largest absolute Gasteiger partial charge is 0.326 e. The van der Waals surface area contributed by atoms with Crippen LogP contribution >= 0.6 is 11.3 Å². The van der Waals surface area contributed by atoms with Gasteiger partial charge in [-0.1, -0.05) is 32.9 Å². The Kier molecular flexibility index (Phi) is 4.90. The van der Waals surface area contributed by atoms with Gasteiger partial charge in [-0.2, -0.15) is 0 Å². The van der Waals surface area contributed by atoms with E-state index in [2.05, 4.69) is 31.1 Å². The summed E-state index contributed by atoms with van der Waals surface area (Å²) in [5, 5.41) is 5.45. The van der Waals surface area contributed by atoms with Gasteiger partial charge in [-0.3, -0.25) is 14.5 Å². The van der Waals surface area contributed by atoms with E-state index in [1.54, 1.807) is 4.90 Å². The zero-order valence-electron chi connectivity index (χ0n) is 14.8. The van der Waals surface area contributed by atoms with Crippen molar-refractivity contribution in [2.75, 3.05) is 16.8 Å². The molecule has 1 aromatic heterocycles. The Morgan fingerprint density at radius 1 is 1.28 bits per heavy atom. The topological polar surface area (TPSA) is 62.3 Å². The highest BCUT2D eigenvalue weighted by Crippen LogP contribution is 2.26. The first-order valence-electron chi connectivity index (χ1n) is 8.48. The molecule has 1 aliphatic heterocycles. The lowest BCUT2D eigenvalue weighted by molar-refractivity contribution is -0.117. The number of benzene rings is 1. The minimum absolute atomic E-state index is 0.0898. The average molecular weight is 357 g/mol. The summed E-state index contributed by atoms with van der Waals surface area (Å²) in [4.78, 5) is 30.1. The maximum atomic E-state index is 12.2. The maximum absolute atomic E-state index is 12.2. The van der Waals surface area contributed by atoms with E-state index in [1.165, 1.54) is 16.9 Å². The van der Waals surface area contributed by atoms with Gasteiger partial charge in [0, 0.05) is 24.0 Å². The van der Waals surface area contributed by atoms with Crippen LogP contribution in [-0.4, -0.2) is 23.3 Å². The Bertz CT molecular complexity index is 775. The molecule has 1 N–H and O–H groups in total. The van der Waals surface area contributed by atoms with Gasteiger partial charge in [0.15, 0.2) is 5.13 Å². The highest BCUT2D eigenvalue weighted by atomic mass is 32.1. The number of carbonyl (C=O) groups is 2. The van der Waals surface area contributed by atoms with Crippen molar-refractivity contribution in [3.8, 4) is 0 Å². The molecule has 0 unspecified atom stereocenters. The van der Waals surface area contributed by atoms with Crippen molar-refractivity contribution >= 4 is 34.0 Å². The van der Waals surface area contributed by atoms with Crippen molar-refractivity contribution in [3.63, 3.8) is 0 Å². The first kappa shape index (κ1) is 17.6. The van der Waals surface area contributed by atoms with E-state index in [4.69, 9.17) is 0 Å². The minimum Gasteiger partial charge on any atom is -0.326 e. The number of anilines is 2. The number of hydrogen-bond acceptors (Lipinski definition) is 4. The lowest BCUT2D eigenvalue weighted by Crippen LogP contribution is -2.23. The van der Waals surface area contributed by atoms with Crippen LogP contribution in [0.1, 0.15) is 44.9 Å². The Labute approximate surface area is 152 Å². The van der Waals surface area contributed by atoms with Crippen molar-refractivity contribution in [3.05, 3.63) is 40.9 Å². The number of thiazole rings is 1.